The van der Waals surface area contributed by atoms with Gasteiger partial charge in [-0.05, 0) is 42.6 Å². The van der Waals surface area contributed by atoms with Crippen molar-refractivity contribution >= 4 is 0 Å². The predicted octanol–water partition coefficient (Wildman–Crippen LogP) is 4.46. The normalized spacial score (nSPS) is 18.9. The Morgan fingerprint density at radius 3 is 2.33 bits per heavy atom. The largest absolute Gasteiger partial charge is 0.0617 e. The Morgan fingerprint density at radius 2 is 1.87 bits per heavy atom. The van der Waals surface area contributed by atoms with Crippen LogP contribution in [0.15, 0.2) is 24.3 Å². The first-order valence-electron chi connectivity index (χ1n) is 5.99. The van der Waals surface area contributed by atoms with E-state index < -0.39 is 0 Å². The average molecular weight is 202 g/mol. The Kier molecular flexibility index (Phi) is 2.41. The third kappa shape index (κ3) is 2.42. The topological polar surface area (TPSA) is 0 Å². The van der Waals surface area contributed by atoms with Gasteiger partial charge < -0.3 is 0 Å². The third-order valence-electron chi connectivity index (χ3n) is 3.35. The van der Waals surface area contributed by atoms with Gasteiger partial charge in [-0.1, -0.05) is 50.6 Å². The van der Waals surface area contributed by atoms with Gasteiger partial charge in [0.15, 0.2) is 0 Å². The Hall–Kier alpha value is -0.780. The van der Waals surface area contributed by atoms with Gasteiger partial charge in [0.1, 0.15) is 0 Å². The molecule has 2 rings (SSSR count). The molecule has 1 saturated carbocycles. The second kappa shape index (κ2) is 3.37. The van der Waals surface area contributed by atoms with Gasteiger partial charge in [0, 0.05) is 0 Å². The lowest BCUT2D eigenvalue weighted by molar-refractivity contribution is 0.329. The molecule has 0 bridgehead atoms. The number of hydrogen-bond acceptors (Lipinski definition) is 0. The van der Waals surface area contributed by atoms with Crippen LogP contribution in [0.3, 0.4) is 0 Å². The lowest BCUT2D eigenvalue weighted by Gasteiger charge is -2.26. The molecule has 0 N–H and O–H groups in total. The summed E-state index contributed by atoms with van der Waals surface area (Å²) < 4.78 is 0. The Morgan fingerprint density at radius 1 is 1.20 bits per heavy atom. The minimum absolute atomic E-state index is 0.445. The van der Waals surface area contributed by atoms with Crippen molar-refractivity contribution in [3.05, 3.63) is 35.4 Å². The van der Waals surface area contributed by atoms with Gasteiger partial charge in [0.05, 0.1) is 0 Å². The van der Waals surface area contributed by atoms with Crippen molar-refractivity contribution in [3.63, 3.8) is 0 Å². The van der Waals surface area contributed by atoms with Crippen molar-refractivity contribution in [3.8, 4) is 0 Å². The molecular formula is C15H22. The number of aryl methyl sites for hydroxylation is 1. The summed E-state index contributed by atoms with van der Waals surface area (Å²) in [5.41, 5.74) is 3.93. The molecule has 15 heavy (non-hydrogen) atoms. The zero-order valence-electron chi connectivity index (χ0n) is 10.4. The second-order valence-corrected chi connectivity index (χ2v) is 6.39. The van der Waals surface area contributed by atoms with Crippen LogP contribution in [0.1, 0.15) is 51.2 Å². The highest BCUT2D eigenvalue weighted by Gasteiger charge is 2.46. The minimum atomic E-state index is 0.445. The summed E-state index contributed by atoms with van der Waals surface area (Å²) in [6.07, 6.45) is 4.09. The quantitative estimate of drug-likeness (QED) is 0.664. The van der Waals surface area contributed by atoms with Crippen LogP contribution in [0, 0.1) is 12.3 Å². The zero-order valence-corrected chi connectivity index (χ0v) is 10.4. The SMILES string of the molecule is Cc1cccc(C2(CC(C)(C)C)CC2)c1. The monoisotopic (exact) mass is 202 g/mol. The molecule has 1 fully saturated rings. The number of benzene rings is 1. The first-order valence-corrected chi connectivity index (χ1v) is 5.99. The van der Waals surface area contributed by atoms with E-state index in [9.17, 15) is 0 Å². The smallest absolute Gasteiger partial charge is 0.00413 e. The summed E-state index contributed by atoms with van der Waals surface area (Å²) in [5, 5.41) is 0. The van der Waals surface area contributed by atoms with Gasteiger partial charge in [0.25, 0.3) is 0 Å². The van der Waals surface area contributed by atoms with E-state index in [4.69, 9.17) is 0 Å². The Bertz CT molecular complexity index is 351. The van der Waals surface area contributed by atoms with Crippen molar-refractivity contribution in [2.45, 2.75) is 52.4 Å². The molecule has 0 heterocycles. The van der Waals surface area contributed by atoms with Crippen LogP contribution in [0.5, 0.6) is 0 Å². The van der Waals surface area contributed by atoms with Gasteiger partial charge in [0.2, 0.25) is 0 Å². The summed E-state index contributed by atoms with van der Waals surface area (Å²) in [6, 6.07) is 9.08. The molecule has 0 amide bonds. The highest BCUT2D eigenvalue weighted by atomic mass is 14.5. The lowest BCUT2D eigenvalue weighted by atomic mass is 9.79. The fraction of sp³-hybridized carbons (Fsp3) is 0.600. The predicted molar refractivity (Wildman–Crippen MR) is 66.2 cm³/mol. The van der Waals surface area contributed by atoms with Crippen LogP contribution in [-0.2, 0) is 5.41 Å². The lowest BCUT2D eigenvalue weighted by Crippen LogP contribution is -2.17. The number of hydrogen-bond donors (Lipinski definition) is 0. The first kappa shape index (κ1) is 10.7. The fourth-order valence-corrected chi connectivity index (χ4v) is 2.71. The molecule has 0 saturated heterocycles. The molecule has 82 valence electrons. The second-order valence-electron chi connectivity index (χ2n) is 6.39. The van der Waals surface area contributed by atoms with E-state index in [1.54, 1.807) is 5.56 Å². The van der Waals surface area contributed by atoms with Crippen LogP contribution in [-0.4, -0.2) is 0 Å². The molecule has 0 spiro atoms. The van der Waals surface area contributed by atoms with Crippen molar-refractivity contribution in [2.75, 3.05) is 0 Å². The van der Waals surface area contributed by atoms with Crippen LogP contribution < -0.4 is 0 Å². The minimum Gasteiger partial charge on any atom is -0.0617 e. The molecule has 1 aromatic rings. The van der Waals surface area contributed by atoms with E-state index in [-0.39, 0.29) is 0 Å². The van der Waals surface area contributed by atoms with E-state index in [0.717, 1.165) is 0 Å². The molecule has 0 atom stereocenters. The third-order valence-corrected chi connectivity index (χ3v) is 3.35. The molecule has 0 heteroatoms. The maximum atomic E-state index is 2.37. The first-order chi connectivity index (χ1) is 6.91. The molecule has 1 aromatic carbocycles. The van der Waals surface area contributed by atoms with Crippen molar-refractivity contribution in [2.24, 2.45) is 5.41 Å². The molecule has 0 aliphatic heterocycles. The molecule has 0 nitrogen and oxygen atoms in total. The summed E-state index contributed by atoms with van der Waals surface area (Å²) >= 11 is 0. The molecule has 0 radical (unpaired) electrons. The van der Waals surface area contributed by atoms with Gasteiger partial charge in [-0.15, -0.1) is 0 Å². The van der Waals surface area contributed by atoms with Crippen LogP contribution in [0.4, 0.5) is 0 Å². The summed E-state index contributed by atoms with van der Waals surface area (Å²) in [4.78, 5) is 0. The fourth-order valence-electron chi connectivity index (χ4n) is 2.71. The standard InChI is InChI=1S/C15H22/c1-12-6-5-7-13(10-12)15(8-9-15)11-14(2,3)4/h5-7,10H,8-9,11H2,1-4H3. The van der Waals surface area contributed by atoms with Crippen molar-refractivity contribution in [1.29, 1.82) is 0 Å². The maximum absolute atomic E-state index is 2.37. The van der Waals surface area contributed by atoms with Gasteiger partial charge >= 0.3 is 0 Å². The summed E-state index contributed by atoms with van der Waals surface area (Å²) in [7, 11) is 0. The van der Waals surface area contributed by atoms with E-state index >= 15 is 0 Å². The van der Waals surface area contributed by atoms with E-state index in [2.05, 4.69) is 52.0 Å². The molecular weight excluding hydrogens is 180 g/mol. The molecule has 1 aliphatic carbocycles. The van der Waals surface area contributed by atoms with Gasteiger partial charge in [-0.3, -0.25) is 0 Å². The molecule has 0 unspecified atom stereocenters. The van der Waals surface area contributed by atoms with Crippen molar-refractivity contribution < 1.29 is 0 Å². The number of rotatable bonds is 2. The highest BCUT2D eigenvalue weighted by molar-refractivity contribution is 5.34. The van der Waals surface area contributed by atoms with E-state index in [1.165, 1.54) is 24.8 Å². The molecule has 0 aromatic heterocycles. The van der Waals surface area contributed by atoms with Gasteiger partial charge in [-0.25, -0.2) is 0 Å². The maximum Gasteiger partial charge on any atom is -0.00413 e. The Labute approximate surface area is 93.7 Å². The van der Waals surface area contributed by atoms with Crippen LogP contribution >= 0.6 is 0 Å². The summed E-state index contributed by atoms with van der Waals surface area (Å²) in [6.45, 7) is 9.24. The Balaban J connectivity index is 2.23. The highest BCUT2D eigenvalue weighted by Crippen LogP contribution is 2.54. The van der Waals surface area contributed by atoms with Crippen LogP contribution in [0.2, 0.25) is 0 Å². The van der Waals surface area contributed by atoms with Gasteiger partial charge in [-0.2, -0.15) is 0 Å². The van der Waals surface area contributed by atoms with E-state index in [1.807, 2.05) is 0 Å². The zero-order chi connectivity index (χ0) is 11.1. The average Bonchev–Trinajstić information content (AvgIpc) is 2.83. The van der Waals surface area contributed by atoms with E-state index in [0.29, 0.717) is 10.8 Å². The summed E-state index contributed by atoms with van der Waals surface area (Å²) in [5.74, 6) is 0. The molecule has 1 aliphatic rings. The van der Waals surface area contributed by atoms with Crippen LogP contribution in [0.25, 0.3) is 0 Å². The van der Waals surface area contributed by atoms with Crippen molar-refractivity contribution in [1.82, 2.24) is 0 Å².